The van der Waals surface area contributed by atoms with Crippen LogP contribution in [-0.2, 0) is 6.42 Å². The Bertz CT molecular complexity index is 588. The Labute approximate surface area is 155 Å². The zero-order valence-corrected chi connectivity index (χ0v) is 17.5. The summed E-state index contributed by atoms with van der Waals surface area (Å²) in [5, 5.41) is 0. The summed E-state index contributed by atoms with van der Waals surface area (Å²) in [4.78, 5) is 0. The summed E-state index contributed by atoms with van der Waals surface area (Å²) in [6, 6.07) is 14.4. The number of hydrogen-bond donors (Lipinski definition) is 0. The zero-order valence-electron chi connectivity index (χ0n) is 17.5. The second kappa shape index (κ2) is 8.21. The Hall–Kier alpha value is -1.56. The third-order valence-electron chi connectivity index (χ3n) is 5.15. The fourth-order valence-corrected chi connectivity index (χ4v) is 3.26. The number of benzene rings is 2. The first kappa shape index (κ1) is 19.8. The predicted octanol–water partition coefficient (Wildman–Crippen LogP) is 7.77. The summed E-state index contributed by atoms with van der Waals surface area (Å²) in [5.41, 5.74) is 8.75. The minimum Gasteiger partial charge on any atom is -0.0587 e. The van der Waals surface area contributed by atoms with Gasteiger partial charge in [0.05, 0.1) is 0 Å². The summed E-state index contributed by atoms with van der Waals surface area (Å²) in [6.07, 6.45) is 1.03. The van der Waals surface area contributed by atoms with E-state index in [2.05, 4.69) is 91.8 Å². The molecule has 0 heterocycles. The van der Waals surface area contributed by atoms with E-state index in [4.69, 9.17) is 0 Å². The van der Waals surface area contributed by atoms with Gasteiger partial charge >= 0.3 is 0 Å². The molecule has 0 saturated heterocycles. The van der Waals surface area contributed by atoms with Gasteiger partial charge in [-0.2, -0.15) is 0 Å². The molecule has 0 aliphatic heterocycles. The lowest BCUT2D eigenvalue weighted by atomic mass is 9.88. The fourth-order valence-electron chi connectivity index (χ4n) is 3.26. The molecule has 0 aromatic heterocycles. The Balaban J connectivity index is 2.44. The maximum Gasteiger partial charge on any atom is -0.00254 e. The molecule has 0 amide bonds. The van der Waals surface area contributed by atoms with Crippen molar-refractivity contribution in [2.75, 3.05) is 0 Å². The molecule has 0 spiro atoms. The highest BCUT2D eigenvalue weighted by atomic mass is 14.2. The first-order valence-electron chi connectivity index (χ1n) is 9.94. The van der Waals surface area contributed by atoms with Crippen LogP contribution in [0.4, 0.5) is 0 Å². The first-order valence-corrected chi connectivity index (χ1v) is 9.94. The molecule has 0 heteroatoms. The molecule has 2 aromatic rings. The van der Waals surface area contributed by atoms with Gasteiger partial charge in [-0.1, -0.05) is 91.8 Å². The molecule has 0 nitrogen and oxygen atoms in total. The largest absolute Gasteiger partial charge is 0.0587 e. The molecule has 2 aromatic carbocycles. The van der Waals surface area contributed by atoms with E-state index >= 15 is 0 Å². The van der Waals surface area contributed by atoms with Gasteiger partial charge in [0.15, 0.2) is 0 Å². The molecule has 25 heavy (non-hydrogen) atoms. The van der Waals surface area contributed by atoms with Gasteiger partial charge in [0.2, 0.25) is 0 Å². The van der Waals surface area contributed by atoms with Crippen molar-refractivity contribution in [2.24, 2.45) is 0 Å². The molecule has 0 N–H and O–H groups in total. The topological polar surface area (TPSA) is 0 Å². The van der Waals surface area contributed by atoms with Gasteiger partial charge in [-0.25, -0.2) is 0 Å². The van der Waals surface area contributed by atoms with Crippen LogP contribution >= 0.6 is 0 Å². The summed E-state index contributed by atoms with van der Waals surface area (Å²) < 4.78 is 0. The quantitative estimate of drug-likeness (QED) is 0.505. The molecule has 0 fully saturated rings. The van der Waals surface area contributed by atoms with Gasteiger partial charge in [-0.15, -0.1) is 0 Å². The minimum atomic E-state index is 0.575. The van der Waals surface area contributed by atoms with Crippen LogP contribution < -0.4 is 0 Å². The van der Waals surface area contributed by atoms with E-state index in [1.807, 2.05) is 0 Å². The number of rotatable bonds is 6. The van der Waals surface area contributed by atoms with Gasteiger partial charge in [-0.05, 0) is 63.5 Å². The standard InChI is InChI=1S/C25H36/c1-16(2)22-10-20(11-23(14-22)17(3)4)9-21-12-24(18(5)6)15-25(13-21)19(7)8/h10-19H,9H2,1-8H3. The highest BCUT2D eigenvalue weighted by Gasteiger charge is 2.11. The molecule has 0 aliphatic rings. The van der Waals surface area contributed by atoms with Crippen molar-refractivity contribution in [3.8, 4) is 0 Å². The van der Waals surface area contributed by atoms with Gasteiger partial charge in [0, 0.05) is 0 Å². The second-order valence-electron chi connectivity index (χ2n) is 8.81. The summed E-state index contributed by atoms with van der Waals surface area (Å²) in [6.45, 7) is 18.3. The van der Waals surface area contributed by atoms with Crippen molar-refractivity contribution >= 4 is 0 Å². The maximum atomic E-state index is 2.41. The van der Waals surface area contributed by atoms with Crippen molar-refractivity contribution in [3.63, 3.8) is 0 Å². The van der Waals surface area contributed by atoms with Crippen molar-refractivity contribution in [3.05, 3.63) is 69.8 Å². The number of hydrogen-bond acceptors (Lipinski definition) is 0. The van der Waals surface area contributed by atoms with E-state index in [0.29, 0.717) is 23.7 Å². The lowest BCUT2D eigenvalue weighted by molar-refractivity contribution is 0.823. The first-order chi connectivity index (χ1) is 11.7. The molecule has 0 aliphatic carbocycles. The molecular formula is C25H36. The van der Waals surface area contributed by atoms with Crippen LogP contribution in [0, 0.1) is 0 Å². The predicted molar refractivity (Wildman–Crippen MR) is 112 cm³/mol. The van der Waals surface area contributed by atoms with Crippen molar-refractivity contribution in [1.82, 2.24) is 0 Å². The van der Waals surface area contributed by atoms with E-state index in [-0.39, 0.29) is 0 Å². The monoisotopic (exact) mass is 336 g/mol. The van der Waals surface area contributed by atoms with E-state index in [1.54, 1.807) is 0 Å². The normalized spacial score (nSPS) is 12.0. The minimum absolute atomic E-state index is 0.575. The van der Waals surface area contributed by atoms with E-state index in [1.165, 1.54) is 33.4 Å². The average molecular weight is 337 g/mol. The molecule has 136 valence electrons. The van der Waals surface area contributed by atoms with E-state index < -0.39 is 0 Å². The lowest BCUT2D eigenvalue weighted by Crippen LogP contribution is -2.00. The van der Waals surface area contributed by atoms with Crippen LogP contribution in [0.25, 0.3) is 0 Å². The van der Waals surface area contributed by atoms with Crippen molar-refractivity contribution < 1.29 is 0 Å². The molecule has 0 unspecified atom stereocenters. The van der Waals surface area contributed by atoms with Crippen LogP contribution in [-0.4, -0.2) is 0 Å². The van der Waals surface area contributed by atoms with Crippen LogP contribution in [0.15, 0.2) is 36.4 Å². The van der Waals surface area contributed by atoms with Gasteiger partial charge in [0.1, 0.15) is 0 Å². The second-order valence-corrected chi connectivity index (χ2v) is 8.81. The Morgan fingerprint density at radius 3 is 0.880 bits per heavy atom. The van der Waals surface area contributed by atoms with Crippen molar-refractivity contribution in [1.29, 1.82) is 0 Å². The fraction of sp³-hybridized carbons (Fsp3) is 0.520. The van der Waals surface area contributed by atoms with E-state index in [0.717, 1.165) is 6.42 Å². The highest BCUT2D eigenvalue weighted by molar-refractivity contribution is 5.40. The Morgan fingerprint density at radius 2 is 0.680 bits per heavy atom. The molecule has 0 radical (unpaired) electrons. The summed E-state index contributed by atoms with van der Waals surface area (Å²) in [5.74, 6) is 2.30. The van der Waals surface area contributed by atoms with Crippen molar-refractivity contribution in [2.45, 2.75) is 85.5 Å². The van der Waals surface area contributed by atoms with Gasteiger partial charge in [0.25, 0.3) is 0 Å². The average Bonchev–Trinajstić information content (AvgIpc) is 2.53. The SMILES string of the molecule is CC(C)c1cc(Cc2cc(C(C)C)cc(C(C)C)c2)cc(C(C)C)c1. The molecular weight excluding hydrogens is 300 g/mol. The lowest BCUT2D eigenvalue weighted by Gasteiger charge is -2.17. The molecule has 2 rings (SSSR count). The highest BCUT2D eigenvalue weighted by Crippen LogP contribution is 2.28. The molecule has 0 atom stereocenters. The van der Waals surface area contributed by atoms with E-state index in [9.17, 15) is 0 Å². The maximum absolute atomic E-state index is 2.41. The molecule has 0 bridgehead atoms. The van der Waals surface area contributed by atoms with Crippen LogP contribution in [0.3, 0.4) is 0 Å². The summed E-state index contributed by atoms with van der Waals surface area (Å²) >= 11 is 0. The van der Waals surface area contributed by atoms with Crippen LogP contribution in [0.5, 0.6) is 0 Å². The smallest absolute Gasteiger partial charge is 0.00254 e. The zero-order chi connectivity index (χ0) is 18.7. The third kappa shape index (κ3) is 5.21. The summed E-state index contributed by atoms with van der Waals surface area (Å²) in [7, 11) is 0. The Kier molecular flexibility index (Phi) is 6.49. The van der Waals surface area contributed by atoms with Crippen LogP contribution in [0.2, 0.25) is 0 Å². The van der Waals surface area contributed by atoms with Gasteiger partial charge in [-0.3, -0.25) is 0 Å². The van der Waals surface area contributed by atoms with Gasteiger partial charge < -0.3 is 0 Å². The van der Waals surface area contributed by atoms with Crippen LogP contribution in [0.1, 0.15) is 112 Å². The molecule has 0 saturated carbocycles. The Morgan fingerprint density at radius 1 is 0.440 bits per heavy atom. The third-order valence-corrected chi connectivity index (χ3v) is 5.15.